The summed E-state index contributed by atoms with van der Waals surface area (Å²) in [7, 11) is 0. The Morgan fingerprint density at radius 3 is 2.62 bits per heavy atom. The van der Waals surface area contributed by atoms with Crippen LogP contribution in [0.1, 0.15) is 27.2 Å². The molecule has 0 aliphatic carbocycles. The van der Waals surface area contributed by atoms with E-state index < -0.39 is 17.4 Å². The van der Waals surface area contributed by atoms with Gasteiger partial charge in [0.25, 0.3) is 0 Å². The molecule has 8 heteroatoms. The monoisotopic (exact) mass is 428 g/mol. The molecule has 0 unspecified atom stereocenters. The Morgan fingerprint density at radius 2 is 1.86 bits per heavy atom. The second-order valence-corrected chi connectivity index (χ2v) is 7.41. The van der Waals surface area contributed by atoms with Gasteiger partial charge in [-0.05, 0) is 25.1 Å². The van der Waals surface area contributed by atoms with Gasteiger partial charge < -0.3 is 13.9 Å². The molecule has 4 rings (SSSR count). The summed E-state index contributed by atoms with van der Waals surface area (Å²) >= 11 is 7.55. The highest BCUT2D eigenvalue weighted by atomic mass is 35.5. The highest BCUT2D eigenvalue weighted by Crippen LogP contribution is 2.36. The van der Waals surface area contributed by atoms with E-state index in [9.17, 15) is 14.4 Å². The summed E-state index contributed by atoms with van der Waals surface area (Å²) in [5.41, 5.74) is -0.298. The molecule has 0 fully saturated rings. The Labute approximate surface area is 173 Å². The third-order valence-corrected chi connectivity index (χ3v) is 5.76. The lowest BCUT2D eigenvalue weighted by Gasteiger charge is -2.06. The van der Waals surface area contributed by atoms with Gasteiger partial charge in [-0.25, -0.2) is 9.59 Å². The molecule has 0 aliphatic rings. The molecule has 0 saturated carbocycles. The third-order valence-electron chi connectivity index (χ3n) is 4.11. The molecular weight excluding hydrogens is 416 g/mol. The van der Waals surface area contributed by atoms with E-state index in [0.29, 0.717) is 5.02 Å². The number of carbonyl (C=O) groups excluding carboxylic acids is 2. The fourth-order valence-corrected chi connectivity index (χ4v) is 4.19. The number of benzene rings is 2. The zero-order valence-corrected chi connectivity index (χ0v) is 16.6. The summed E-state index contributed by atoms with van der Waals surface area (Å²) < 4.78 is 16.6. The second-order valence-electron chi connectivity index (χ2n) is 5.98. The zero-order valence-electron chi connectivity index (χ0n) is 15.1. The maximum atomic E-state index is 12.6. The molecule has 0 spiro atoms. The maximum absolute atomic E-state index is 12.6. The van der Waals surface area contributed by atoms with E-state index in [4.69, 9.17) is 25.5 Å². The molecular formula is C21H13ClO6S. The molecule has 2 aromatic carbocycles. The minimum absolute atomic E-state index is 0.105. The quantitative estimate of drug-likeness (QED) is 0.334. The fourth-order valence-electron chi connectivity index (χ4n) is 2.80. The Bertz CT molecular complexity index is 1320. The minimum Gasteiger partial charge on any atom is -0.460 e. The van der Waals surface area contributed by atoms with Crippen LogP contribution in [0.4, 0.5) is 0 Å². The van der Waals surface area contributed by atoms with Crippen molar-refractivity contribution in [2.75, 3.05) is 6.61 Å². The van der Waals surface area contributed by atoms with Crippen molar-refractivity contribution in [3.8, 4) is 5.75 Å². The third kappa shape index (κ3) is 3.62. The summed E-state index contributed by atoms with van der Waals surface area (Å²) in [6.07, 6.45) is 0. The first kappa shape index (κ1) is 19.2. The normalized spacial score (nSPS) is 11.0. The highest BCUT2D eigenvalue weighted by molar-refractivity contribution is 7.21. The number of hydrogen-bond donors (Lipinski definition) is 0. The van der Waals surface area contributed by atoms with Crippen LogP contribution in [0.15, 0.2) is 57.7 Å². The summed E-state index contributed by atoms with van der Waals surface area (Å²) in [6, 6.07) is 12.8. The standard InChI is InChI=1S/C21H13ClO6S/c1-2-26-20(24)16-10-14(23)12-8-7-11(9-15(12)28-16)27-21(25)19-18(22)13-5-3-4-6-17(13)29-19/h3-10H,2H2,1H3. The van der Waals surface area contributed by atoms with Crippen LogP contribution in [0.25, 0.3) is 21.1 Å². The largest absolute Gasteiger partial charge is 0.460 e. The average molecular weight is 429 g/mol. The number of carbonyl (C=O) groups is 2. The van der Waals surface area contributed by atoms with Gasteiger partial charge in [-0.1, -0.05) is 29.8 Å². The van der Waals surface area contributed by atoms with Crippen molar-refractivity contribution in [2.24, 2.45) is 0 Å². The van der Waals surface area contributed by atoms with Crippen LogP contribution in [0.3, 0.4) is 0 Å². The van der Waals surface area contributed by atoms with E-state index >= 15 is 0 Å². The predicted octanol–water partition coefficient (Wildman–Crippen LogP) is 5.06. The number of halogens is 1. The molecule has 2 aromatic heterocycles. The van der Waals surface area contributed by atoms with Crippen molar-refractivity contribution in [3.05, 3.63) is 74.4 Å². The molecule has 0 aliphatic heterocycles. The summed E-state index contributed by atoms with van der Waals surface area (Å²) in [5.74, 6) is -1.44. The van der Waals surface area contributed by atoms with Crippen LogP contribution in [-0.2, 0) is 4.74 Å². The minimum atomic E-state index is -0.744. The lowest BCUT2D eigenvalue weighted by molar-refractivity contribution is 0.0490. The molecule has 0 amide bonds. The van der Waals surface area contributed by atoms with Crippen LogP contribution in [-0.4, -0.2) is 18.5 Å². The molecule has 4 aromatic rings. The van der Waals surface area contributed by atoms with Crippen molar-refractivity contribution < 1.29 is 23.5 Å². The van der Waals surface area contributed by atoms with Gasteiger partial charge in [0.05, 0.1) is 17.0 Å². The van der Waals surface area contributed by atoms with Crippen LogP contribution in [0.5, 0.6) is 5.75 Å². The Hall–Kier alpha value is -3.16. The number of rotatable bonds is 4. The van der Waals surface area contributed by atoms with Gasteiger partial charge in [0.1, 0.15) is 16.2 Å². The van der Waals surface area contributed by atoms with Gasteiger partial charge in [-0.15, -0.1) is 11.3 Å². The molecule has 29 heavy (non-hydrogen) atoms. The van der Waals surface area contributed by atoms with Crippen molar-refractivity contribution >= 4 is 55.9 Å². The van der Waals surface area contributed by atoms with Crippen LogP contribution in [0.2, 0.25) is 5.02 Å². The highest BCUT2D eigenvalue weighted by Gasteiger charge is 2.20. The summed E-state index contributed by atoms with van der Waals surface area (Å²) in [5, 5.41) is 1.35. The van der Waals surface area contributed by atoms with E-state index in [2.05, 4.69) is 0 Å². The summed E-state index contributed by atoms with van der Waals surface area (Å²) in [4.78, 5) is 37.0. The SMILES string of the molecule is CCOC(=O)c1cc(=O)c2ccc(OC(=O)c3sc4ccccc4c3Cl)cc2o1. The lowest BCUT2D eigenvalue weighted by atomic mass is 10.2. The van der Waals surface area contributed by atoms with Gasteiger partial charge >= 0.3 is 11.9 Å². The van der Waals surface area contributed by atoms with Crippen molar-refractivity contribution in [2.45, 2.75) is 6.92 Å². The van der Waals surface area contributed by atoms with E-state index in [1.54, 1.807) is 6.92 Å². The Morgan fingerprint density at radius 1 is 1.07 bits per heavy atom. The number of ether oxygens (including phenoxy) is 2. The van der Waals surface area contributed by atoms with Gasteiger partial charge in [-0.3, -0.25) is 4.79 Å². The Kier molecular flexibility index (Phi) is 5.08. The maximum Gasteiger partial charge on any atom is 0.374 e. The van der Waals surface area contributed by atoms with E-state index in [-0.39, 0.29) is 34.0 Å². The van der Waals surface area contributed by atoms with Crippen molar-refractivity contribution in [1.29, 1.82) is 0 Å². The lowest BCUT2D eigenvalue weighted by Crippen LogP contribution is -2.10. The van der Waals surface area contributed by atoms with E-state index in [0.717, 1.165) is 16.2 Å². The number of fused-ring (bicyclic) bond motifs is 2. The van der Waals surface area contributed by atoms with Crippen molar-refractivity contribution in [1.82, 2.24) is 0 Å². The van der Waals surface area contributed by atoms with E-state index in [1.165, 1.54) is 29.5 Å². The first-order valence-electron chi connectivity index (χ1n) is 8.62. The molecule has 0 bridgehead atoms. The van der Waals surface area contributed by atoms with Gasteiger partial charge in [0.2, 0.25) is 5.76 Å². The molecule has 0 saturated heterocycles. The van der Waals surface area contributed by atoms with Crippen LogP contribution in [0, 0.1) is 0 Å². The fraction of sp³-hybridized carbons (Fsp3) is 0.0952. The zero-order chi connectivity index (χ0) is 20.5. The smallest absolute Gasteiger partial charge is 0.374 e. The molecule has 2 heterocycles. The van der Waals surface area contributed by atoms with Crippen LogP contribution >= 0.6 is 22.9 Å². The van der Waals surface area contributed by atoms with Gasteiger partial charge in [-0.2, -0.15) is 0 Å². The Balaban J connectivity index is 1.68. The predicted molar refractivity (Wildman–Crippen MR) is 110 cm³/mol. The summed E-state index contributed by atoms with van der Waals surface area (Å²) in [6.45, 7) is 1.79. The van der Waals surface area contributed by atoms with Gasteiger partial charge in [0.15, 0.2) is 5.43 Å². The molecule has 0 atom stereocenters. The number of hydrogen-bond acceptors (Lipinski definition) is 7. The van der Waals surface area contributed by atoms with Crippen LogP contribution < -0.4 is 10.2 Å². The number of thiophene rings is 1. The molecule has 146 valence electrons. The first-order valence-corrected chi connectivity index (χ1v) is 9.81. The first-order chi connectivity index (χ1) is 14.0. The van der Waals surface area contributed by atoms with Gasteiger partial charge in [0, 0.05) is 22.2 Å². The molecule has 6 nitrogen and oxygen atoms in total. The topological polar surface area (TPSA) is 82.8 Å². The molecule has 0 N–H and O–H groups in total. The average Bonchev–Trinajstić information content (AvgIpc) is 3.05. The molecule has 0 radical (unpaired) electrons. The number of esters is 2. The second kappa shape index (κ2) is 7.69. The van der Waals surface area contributed by atoms with E-state index in [1.807, 2.05) is 24.3 Å². The van der Waals surface area contributed by atoms with Crippen molar-refractivity contribution in [3.63, 3.8) is 0 Å².